The average molecular weight is 491 g/mol. The summed E-state index contributed by atoms with van der Waals surface area (Å²) >= 11 is 14.8. The maximum Gasteiger partial charge on any atom is 0.278 e. The van der Waals surface area contributed by atoms with E-state index in [-0.39, 0.29) is 11.1 Å². The number of hydrogen-bond donors (Lipinski definition) is 1. The van der Waals surface area contributed by atoms with Gasteiger partial charge in [-0.1, -0.05) is 53.5 Å². The molecule has 0 bridgehead atoms. The Kier molecular flexibility index (Phi) is 6.62. The first-order valence-electron chi connectivity index (χ1n) is 9.15. The first-order valence-corrected chi connectivity index (χ1v) is 11.6. The van der Waals surface area contributed by atoms with Crippen molar-refractivity contribution in [3.05, 3.63) is 74.8 Å². The molecule has 0 fully saturated rings. The zero-order valence-electron chi connectivity index (χ0n) is 16.4. The van der Waals surface area contributed by atoms with Crippen LogP contribution in [0.5, 0.6) is 0 Å². The molecular formula is C21H16Cl2N4O2S2. The van der Waals surface area contributed by atoms with Gasteiger partial charge in [0.25, 0.3) is 11.1 Å². The highest BCUT2D eigenvalue weighted by molar-refractivity contribution is 8.00. The van der Waals surface area contributed by atoms with Gasteiger partial charge in [-0.2, -0.15) is 0 Å². The molecule has 0 radical (unpaired) electrons. The van der Waals surface area contributed by atoms with Crippen LogP contribution in [0.25, 0.3) is 10.8 Å². The molecule has 0 saturated heterocycles. The van der Waals surface area contributed by atoms with Crippen molar-refractivity contribution in [3.8, 4) is 10.8 Å². The van der Waals surface area contributed by atoms with Gasteiger partial charge < -0.3 is 9.73 Å². The van der Waals surface area contributed by atoms with Crippen LogP contribution in [0.3, 0.4) is 0 Å². The summed E-state index contributed by atoms with van der Waals surface area (Å²) in [5.74, 6) is 0.124. The summed E-state index contributed by atoms with van der Waals surface area (Å²) in [5, 5.41) is 12.6. The summed E-state index contributed by atoms with van der Waals surface area (Å²) in [5.41, 5.74) is 2.13. The molecule has 6 nitrogen and oxygen atoms in total. The number of thiazole rings is 1. The molecule has 158 valence electrons. The molecule has 2 aromatic heterocycles. The highest BCUT2D eigenvalue weighted by Gasteiger charge is 2.26. The van der Waals surface area contributed by atoms with Gasteiger partial charge in [0.1, 0.15) is 10.1 Å². The number of nitrogens with zero attached hydrogens (tertiary/aromatic N) is 3. The minimum atomic E-state index is -0.628. The van der Waals surface area contributed by atoms with Crippen LogP contribution in [0, 0.1) is 13.8 Å². The lowest BCUT2D eigenvalue weighted by Crippen LogP contribution is -2.19. The minimum Gasteiger partial charge on any atom is -0.410 e. The molecule has 1 N–H and O–H groups in total. The number of aryl methyl sites for hydroxylation is 2. The molecule has 4 rings (SSSR count). The van der Waals surface area contributed by atoms with E-state index in [9.17, 15) is 4.79 Å². The number of nitrogens with one attached hydrogen (secondary N) is 1. The van der Waals surface area contributed by atoms with Crippen LogP contribution in [0.2, 0.25) is 10.0 Å². The Hall–Kier alpha value is -2.39. The van der Waals surface area contributed by atoms with E-state index in [1.54, 1.807) is 18.2 Å². The van der Waals surface area contributed by atoms with Crippen molar-refractivity contribution in [2.75, 3.05) is 5.32 Å². The third-order valence-electron chi connectivity index (χ3n) is 4.19. The van der Waals surface area contributed by atoms with E-state index in [1.165, 1.54) is 23.1 Å². The third kappa shape index (κ3) is 5.27. The van der Waals surface area contributed by atoms with Crippen molar-refractivity contribution >= 4 is 57.9 Å². The molecular weight excluding hydrogens is 475 g/mol. The highest BCUT2D eigenvalue weighted by atomic mass is 35.5. The van der Waals surface area contributed by atoms with Gasteiger partial charge in [-0.05, 0) is 49.4 Å². The molecule has 0 aliphatic rings. The maximum absolute atomic E-state index is 13.2. The number of halogens is 2. The van der Waals surface area contributed by atoms with Gasteiger partial charge in [0.2, 0.25) is 5.91 Å². The highest BCUT2D eigenvalue weighted by Crippen LogP contribution is 2.38. The van der Waals surface area contributed by atoms with Gasteiger partial charge in [-0.25, -0.2) is 4.98 Å². The van der Waals surface area contributed by atoms with Gasteiger partial charge in [0.15, 0.2) is 0 Å². The number of thioether (sulfide) groups is 1. The predicted molar refractivity (Wildman–Crippen MR) is 125 cm³/mol. The van der Waals surface area contributed by atoms with Crippen LogP contribution in [-0.4, -0.2) is 21.1 Å². The average Bonchev–Trinajstić information content (AvgIpc) is 3.31. The fraction of sp³-hybridized carbons (Fsp3) is 0.143. The molecule has 0 saturated carbocycles. The summed E-state index contributed by atoms with van der Waals surface area (Å²) < 4.78 is 5.84. The fourth-order valence-corrected chi connectivity index (χ4v) is 5.16. The second-order valence-corrected chi connectivity index (χ2v) is 9.71. The molecule has 31 heavy (non-hydrogen) atoms. The first-order chi connectivity index (χ1) is 14.9. The number of amides is 1. The van der Waals surface area contributed by atoms with E-state index >= 15 is 0 Å². The smallest absolute Gasteiger partial charge is 0.278 e. The molecule has 0 aliphatic heterocycles. The van der Waals surface area contributed by atoms with Crippen LogP contribution in [0.15, 0.2) is 58.2 Å². The standard InChI is InChI=1S/C21H16Cl2N4O2S2/c1-11-17(30-12(2)24-11)20-26-27-21(29-20)31-18(13-6-4-3-5-7-13)19(28)25-16-9-14(22)8-15(23)10-16/h3-10,18H,1-2H3,(H,25,28). The van der Waals surface area contributed by atoms with Crippen molar-refractivity contribution in [1.29, 1.82) is 0 Å². The van der Waals surface area contributed by atoms with E-state index in [2.05, 4.69) is 20.5 Å². The van der Waals surface area contributed by atoms with Crippen LogP contribution >= 0.6 is 46.3 Å². The minimum absolute atomic E-state index is 0.265. The van der Waals surface area contributed by atoms with Crippen LogP contribution < -0.4 is 5.32 Å². The van der Waals surface area contributed by atoms with Crippen molar-refractivity contribution in [3.63, 3.8) is 0 Å². The Morgan fingerprint density at radius 2 is 1.81 bits per heavy atom. The van der Waals surface area contributed by atoms with Gasteiger partial charge in [0, 0.05) is 15.7 Å². The summed E-state index contributed by atoms with van der Waals surface area (Å²) in [7, 11) is 0. The Bertz CT molecular complexity index is 1210. The topological polar surface area (TPSA) is 80.9 Å². The zero-order valence-corrected chi connectivity index (χ0v) is 19.6. The lowest BCUT2D eigenvalue weighted by atomic mass is 10.1. The molecule has 0 aliphatic carbocycles. The molecule has 4 aromatic rings. The van der Waals surface area contributed by atoms with Crippen LogP contribution in [0.1, 0.15) is 21.5 Å². The van der Waals surface area contributed by atoms with Crippen LogP contribution in [-0.2, 0) is 4.79 Å². The van der Waals surface area contributed by atoms with Gasteiger partial charge in [-0.15, -0.1) is 21.5 Å². The fourth-order valence-electron chi connectivity index (χ4n) is 2.91. The SMILES string of the molecule is Cc1nc(C)c(-c2nnc(SC(C(=O)Nc3cc(Cl)cc(Cl)c3)c3ccccc3)o2)s1. The number of benzene rings is 2. The molecule has 10 heteroatoms. The van der Waals surface area contributed by atoms with Gasteiger partial charge in [0.05, 0.1) is 10.7 Å². The largest absolute Gasteiger partial charge is 0.410 e. The quantitative estimate of drug-likeness (QED) is 0.307. The van der Waals surface area contributed by atoms with Crippen molar-refractivity contribution < 1.29 is 9.21 Å². The first kappa shape index (κ1) is 21.8. The predicted octanol–water partition coefficient (Wildman–Crippen LogP) is 6.59. The number of aromatic nitrogens is 3. The Morgan fingerprint density at radius 3 is 2.45 bits per heavy atom. The van der Waals surface area contributed by atoms with Crippen molar-refractivity contribution in [2.45, 2.75) is 24.3 Å². The van der Waals surface area contributed by atoms with Crippen molar-refractivity contribution in [1.82, 2.24) is 15.2 Å². The number of anilines is 1. The molecule has 2 heterocycles. The van der Waals surface area contributed by atoms with Crippen LogP contribution in [0.4, 0.5) is 5.69 Å². The number of rotatable bonds is 6. The Labute approximate surface area is 197 Å². The van der Waals surface area contributed by atoms with E-state index < -0.39 is 5.25 Å². The number of carbonyl (C=O) groups excluding carboxylic acids is 1. The Morgan fingerprint density at radius 1 is 1.10 bits per heavy atom. The molecule has 1 atom stereocenters. The van der Waals surface area contributed by atoms with E-state index in [0.717, 1.165) is 21.1 Å². The third-order valence-corrected chi connectivity index (χ3v) is 6.78. The molecule has 1 unspecified atom stereocenters. The summed E-state index contributed by atoms with van der Waals surface area (Å²) in [4.78, 5) is 18.4. The van der Waals surface area contributed by atoms with Gasteiger partial charge >= 0.3 is 0 Å². The molecule has 1 amide bonds. The normalized spacial score (nSPS) is 12.0. The monoisotopic (exact) mass is 490 g/mol. The number of carbonyl (C=O) groups is 1. The molecule has 0 spiro atoms. The summed E-state index contributed by atoms with van der Waals surface area (Å²) in [6.07, 6.45) is 0. The van der Waals surface area contributed by atoms with Gasteiger partial charge in [-0.3, -0.25) is 4.79 Å². The second-order valence-electron chi connectivity index (χ2n) is 6.58. The van der Waals surface area contributed by atoms with E-state index in [0.29, 0.717) is 21.6 Å². The lowest BCUT2D eigenvalue weighted by molar-refractivity contribution is -0.115. The maximum atomic E-state index is 13.2. The van der Waals surface area contributed by atoms with Crippen molar-refractivity contribution in [2.24, 2.45) is 0 Å². The summed E-state index contributed by atoms with van der Waals surface area (Å²) in [6.45, 7) is 3.82. The molecule has 2 aromatic carbocycles. The van der Waals surface area contributed by atoms with E-state index in [1.807, 2.05) is 44.2 Å². The second kappa shape index (κ2) is 9.40. The summed E-state index contributed by atoms with van der Waals surface area (Å²) in [6, 6.07) is 14.2. The Balaban J connectivity index is 1.60. The number of hydrogen-bond acceptors (Lipinski definition) is 7. The zero-order chi connectivity index (χ0) is 22.0. The van der Waals surface area contributed by atoms with E-state index in [4.69, 9.17) is 27.6 Å². The lowest BCUT2D eigenvalue weighted by Gasteiger charge is -2.15.